The summed E-state index contributed by atoms with van der Waals surface area (Å²) in [6.07, 6.45) is 1.31. The minimum absolute atomic E-state index is 0.246. The molecule has 3 aromatic carbocycles. The van der Waals surface area contributed by atoms with Crippen LogP contribution in [-0.4, -0.2) is 42.5 Å². The Hall–Kier alpha value is -3.78. The average Bonchev–Trinajstić information content (AvgIpc) is 2.90. The molecule has 0 radical (unpaired) electrons. The molecule has 3 amide bonds. The van der Waals surface area contributed by atoms with Gasteiger partial charge in [-0.3, -0.25) is 14.5 Å². The Morgan fingerprint density at radius 2 is 1.51 bits per heavy atom. The third-order valence-electron chi connectivity index (χ3n) is 6.09. The van der Waals surface area contributed by atoms with Gasteiger partial charge in [0.15, 0.2) is 6.61 Å². The Bertz CT molecular complexity index is 1200. The molecule has 2 heterocycles. The van der Waals surface area contributed by atoms with Crippen LogP contribution in [0.15, 0.2) is 88.7 Å². The first kappa shape index (κ1) is 23.0. The van der Waals surface area contributed by atoms with E-state index in [0.29, 0.717) is 25.1 Å². The number of rotatable bonds is 4. The standard InChI is InChI=1S/C27H25N3O4S/c31-25(30-21-12-4-6-14-23(21)35-24-15-7-5-13-22(24)30)18-34-26(32)19-9-8-16-29(17-19)27(33)28-20-10-2-1-3-11-20/h1-7,10-15,19H,8-9,16-18H2,(H,28,33)/t19-/m0/s1. The number of nitrogens with one attached hydrogen (secondary N) is 1. The number of amides is 3. The monoisotopic (exact) mass is 487 g/mol. The maximum absolute atomic E-state index is 13.3. The lowest BCUT2D eigenvalue weighted by atomic mass is 9.98. The number of urea groups is 1. The smallest absolute Gasteiger partial charge is 0.321 e. The minimum atomic E-state index is -0.463. The van der Waals surface area contributed by atoms with Crippen molar-refractivity contribution in [3.8, 4) is 0 Å². The van der Waals surface area contributed by atoms with Crippen molar-refractivity contribution in [3.05, 3.63) is 78.9 Å². The number of benzene rings is 3. The molecule has 2 aliphatic rings. The van der Waals surface area contributed by atoms with E-state index in [1.807, 2.05) is 78.9 Å². The zero-order valence-corrected chi connectivity index (χ0v) is 19.9. The highest BCUT2D eigenvalue weighted by Gasteiger charge is 2.32. The molecule has 0 aliphatic carbocycles. The summed E-state index contributed by atoms with van der Waals surface area (Å²) in [5.41, 5.74) is 2.26. The molecule has 1 fully saturated rings. The maximum Gasteiger partial charge on any atom is 0.321 e. The fourth-order valence-electron chi connectivity index (χ4n) is 4.37. The summed E-state index contributed by atoms with van der Waals surface area (Å²) in [4.78, 5) is 43.9. The van der Waals surface area contributed by atoms with Gasteiger partial charge >= 0.3 is 12.0 Å². The molecule has 35 heavy (non-hydrogen) atoms. The number of hydrogen-bond donors (Lipinski definition) is 1. The third kappa shape index (κ3) is 5.02. The van der Waals surface area contributed by atoms with Gasteiger partial charge in [-0.1, -0.05) is 54.2 Å². The van der Waals surface area contributed by atoms with Crippen molar-refractivity contribution < 1.29 is 19.1 Å². The molecule has 0 spiro atoms. The molecule has 1 saturated heterocycles. The van der Waals surface area contributed by atoms with Crippen molar-refractivity contribution >= 4 is 46.7 Å². The average molecular weight is 488 g/mol. The van der Waals surface area contributed by atoms with E-state index >= 15 is 0 Å². The van der Waals surface area contributed by atoms with Gasteiger partial charge in [-0.25, -0.2) is 4.79 Å². The van der Waals surface area contributed by atoms with Crippen LogP contribution < -0.4 is 10.2 Å². The van der Waals surface area contributed by atoms with Crippen LogP contribution >= 0.6 is 11.8 Å². The number of carbonyl (C=O) groups excluding carboxylic acids is 3. The number of piperidine rings is 1. The zero-order chi connectivity index (χ0) is 24.2. The molecule has 5 rings (SSSR count). The maximum atomic E-state index is 13.3. The molecule has 0 unspecified atom stereocenters. The Morgan fingerprint density at radius 3 is 2.20 bits per heavy atom. The van der Waals surface area contributed by atoms with Gasteiger partial charge < -0.3 is 15.0 Å². The lowest BCUT2D eigenvalue weighted by Crippen LogP contribution is -2.45. The van der Waals surface area contributed by atoms with E-state index in [1.54, 1.807) is 21.6 Å². The van der Waals surface area contributed by atoms with Crippen LogP contribution in [-0.2, 0) is 14.3 Å². The van der Waals surface area contributed by atoms with Crippen LogP contribution in [0.1, 0.15) is 12.8 Å². The largest absolute Gasteiger partial charge is 0.455 e. The highest BCUT2D eigenvalue weighted by molar-refractivity contribution is 7.99. The molecule has 1 atom stereocenters. The summed E-state index contributed by atoms with van der Waals surface area (Å²) in [5, 5.41) is 2.86. The van der Waals surface area contributed by atoms with E-state index in [1.165, 1.54) is 0 Å². The van der Waals surface area contributed by atoms with E-state index in [9.17, 15) is 14.4 Å². The number of hydrogen-bond acceptors (Lipinski definition) is 5. The van der Waals surface area contributed by atoms with Gasteiger partial charge in [0.1, 0.15) is 0 Å². The predicted octanol–water partition coefficient (Wildman–Crippen LogP) is 5.30. The number of anilines is 3. The second kappa shape index (κ2) is 10.2. The van der Waals surface area contributed by atoms with Crippen molar-refractivity contribution in [2.75, 3.05) is 29.9 Å². The fraction of sp³-hybridized carbons (Fsp3) is 0.222. The van der Waals surface area contributed by atoms with Crippen LogP contribution in [0.2, 0.25) is 0 Å². The van der Waals surface area contributed by atoms with Crippen LogP contribution in [0.3, 0.4) is 0 Å². The van der Waals surface area contributed by atoms with Crippen LogP contribution in [0.5, 0.6) is 0 Å². The molecule has 3 aromatic rings. The number of carbonyl (C=O) groups is 3. The quantitative estimate of drug-likeness (QED) is 0.505. The first-order valence-corrected chi connectivity index (χ1v) is 12.4. The molecule has 1 N–H and O–H groups in total. The summed E-state index contributed by atoms with van der Waals surface area (Å²) in [5.74, 6) is -1.23. The van der Waals surface area contributed by atoms with Crippen molar-refractivity contribution in [2.24, 2.45) is 5.92 Å². The molecule has 0 saturated carbocycles. The lowest BCUT2D eigenvalue weighted by molar-refractivity contribution is -0.153. The molecule has 0 bridgehead atoms. The fourth-order valence-corrected chi connectivity index (χ4v) is 5.42. The molecule has 2 aliphatic heterocycles. The van der Waals surface area contributed by atoms with Gasteiger partial charge in [-0.15, -0.1) is 0 Å². The van der Waals surface area contributed by atoms with E-state index in [4.69, 9.17) is 4.74 Å². The Balaban J connectivity index is 1.22. The lowest BCUT2D eigenvalue weighted by Gasteiger charge is -2.32. The zero-order valence-electron chi connectivity index (χ0n) is 19.1. The molecule has 178 valence electrons. The van der Waals surface area contributed by atoms with E-state index in [2.05, 4.69) is 5.32 Å². The Labute approximate surface area is 208 Å². The van der Waals surface area contributed by atoms with Gasteiger partial charge in [0.05, 0.1) is 17.3 Å². The van der Waals surface area contributed by atoms with Gasteiger partial charge in [0.25, 0.3) is 5.91 Å². The number of nitrogens with zero attached hydrogens (tertiary/aromatic N) is 2. The Morgan fingerprint density at radius 1 is 0.886 bits per heavy atom. The number of fused-ring (bicyclic) bond motifs is 2. The molecule has 0 aromatic heterocycles. The number of para-hydroxylation sites is 3. The van der Waals surface area contributed by atoms with Crippen molar-refractivity contribution in [3.63, 3.8) is 0 Å². The van der Waals surface area contributed by atoms with Crippen LogP contribution in [0.4, 0.5) is 21.9 Å². The van der Waals surface area contributed by atoms with Crippen LogP contribution in [0, 0.1) is 5.92 Å². The molecule has 8 heteroatoms. The molecular formula is C27H25N3O4S. The van der Waals surface area contributed by atoms with Gasteiger partial charge in [0, 0.05) is 28.6 Å². The number of esters is 1. The predicted molar refractivity (Wildman–Crippen MR) is 135 cm³/mol. The van der Waals surface area contributed by atoms with E-state index < -0.39 is 11.9 Å². The summed E-state index contributed by atoms with van der Waals surface area (Å²) in [6.45, 7) is 0.469. The van der Waals surface area contributed by atoms with Crippen molar-refractivity contribution in [2.45, 2.75) is 22.6 Å². The normalized spacial score (nSPS) is 16.6. The molecular weight excluding hydrogens is 462 g/mol. The van der Waals surface area contributed by atoms with E-state index in [0.717, 1.165) is 21.2 Å². The van der Waals surface area contributed by atoms with Crippen molar-refractivity contribution in [1.82, 2.24) is 4.90 Å². The minimum Gasteiger partial charge on any atom is -0.455 e. The summed E-state index contributed by atoms with van der Waals surface area (Å²) in [7, 11) is 0. The third-order valence-corrected chi connectivity index (χ3v) is 7.22. The summed E-state index contributed by atoms with van der Waals surface area (Å²) < 4.78 is 5.48. The topological polar surface area (TPSA) is 79.0 Å². The highest BCUT2D eigenvalue weighted by atomic mass is 32.2. The number of likely N-dealkylation sites (tertiary alicyclic amines) is 1. The Kier molecular flexibility index (Phi) is 6.72. The number of ether oxygens (including phenoxy) is 1. The second-order valence-electron chi connectivity index (χ2n) is 8.46. The SMILES string of the molecule is O=C(OCC(=O)N1c2ccccc2Sc2ccccc21)[C@H]1CCCN(C(=O)Nc2ccccc2)C1. The summed E-state index contributed by atoms with van der Waals surface area (Å²) in [6, 6.07) is 24.3. The van der Waals surface area contributed by atoms with E-state index in [-0.39, 0.29) is 25.1 Å². The first-order valence-electron chi connectivity index (χ1n) is 11.6. The second-order valence-corrected chi connectivity index (χ2v) is 9.54. The van der Waals surface area contributed by atoms with Crippen molar-refractivity contribution in [1.29, 1.82) is 0 Å². The molecule has 7 nitrogen and oxygen atoms in total. The van der Waals surface area contributed by atoms with Crippen LogP contribution in [0.25, 0.3) is 0 Å². The van der Waals surface area contributed by atoms with Gasteiger partial charge in [-0.2, -0.15) is 0 Å². The summed E-state index contributed by atoms with van der Waals surface area (Å²) >= 11 is 1.61. The highest BCUT2D eigenvalue weighted by Crippen LogP contribution is 2.47. The van der Waals surface area contributed by atoms with Gasteiger partial charge in [0.2, 0.25) is 0 Å². The van der Waals surface area contributed by atoms with Gasteiger partial charge in [-0.05, 0) is 49.2 Å². The first-order chi connectivity index (χ1) is 17.1.